The Morgan fingerprint density at radius 3 is 2.47 bits per heavy atom. The zero-order chi connectivity index (χ0) is 12.7. The van der Waals surface area contributed by atoms with Gasteiger partial charge in [0.05, 0.1) is 19.3 Å². The number of benzene rings is 1. The predicted molar refractivity (Wildman–Crippen MR) is 70.7 cm³/mol. The Morgan fingerprint density at radius 1 is 1.24 bits per heavy atom. The molecule has 0 aliphatic carbocycles. The van der Waals surface area contributed by atoms with Crippen LogP contribution in [0, 0.1) is 5.41 Å². The zero-order valence-corrected chi connectivity index (χ0v) is 10.9. The Kier molecular flexibility index (Phi) is 5.39. The van der Waals surface area contributed by atoms with Gasteiger partial charge in [-0.25, -0.2) is 0 Å². The molecule has 17 heavy (non-hydrogen) atoms. The Balaban J connectivity index is 2.23. The molecule has 0 aromatic heterocycles. The Morgan fingerprint density at radius 2 is 1.88 bits per heavy atom. The zero-order valence-electron chi connectivity index (χ0n) is 10.9. The van der Waals surface area contributed by atoms with Crippen molar-refractivity contribution in [3.8, 4) is 0 Å². The summed E-state index contributed by atoms with van der Waals surface area (Å²) in [5, 5.41) is 9.76. The molecular weight excluding hydrogens is 212 g/mol. The van der Waals surface area contributed by atoms with E-state index in [2.05, 4.69) is 0 Å². The van der Waals surface area contributed by atoms with E-state index in [1.54, 1.807) is 6.08 Å². The minimum atomic E-state index is -0.428. The maximum atomic E-state index is 9.76. The molecule has 0 unspecified atom stereocenters. The average molecular weight is 234 g/mol. The maximum absolute atomic E-state index is 9.76. The van der Waals surface area contributed by atoms with Crippen LogP contribution in [0.2, 0.25) is 0 Å². The third kappa shape index (κ3) is 5.66. The average Bonchev–Trinajstić information content (AvgIpc) is 2.28. The summed E-state index contributed by atoms with van der Waals surface area (Å²) in [7, 11) is 0. The molecule has 0 bridgehead atoms. The van der Waals surface area contributed by atoms with Gasteiger partial charge in [-0.2, -0.15) is 0 Å². The molecule has 0 fully saturated rings. The SMILES string of the molecule is CC(C)(C)[C@H](O)/C=C/COCc1ccccc1. The van der Waals surface area contributed by atoms with E-state index in [9.17, 15) is 5.11 Å². The summed E-state index contributed by atoms with van der Waals surface area (Å²) < 4.78 is 5.48. The number of aliphatic hydroxyl groups excluding tert-OH is 1. The molecule has 0 spiro atoms. The van der Waals surface area contributed by atoms with Crippen molar-refractivity contribution in [3.05, 3.63) is 48.0 Å². The summed E-state index contributed by atoms with van der Waals surface area (Å²) in [6, 6.07) is 10.1. The summed E-state index contributed by atoms with van der Waals surface area (Å²) in [4.78, 5) is 0. The number of hydrogen-bond acceptors (Lipinski definition) is 2. The molecule has 1 aromatic rings. The minimum absolute atomic E-state index is 0.115. The van der Waals surface area contributed by atoms with Gasteiger partial charge in [-0.3, -0.25) is 0 Å². The van der Waals surface area contributed by atoms with Crippen molar-refractivity contribution in [3.63, 3.8) is 0 Å². The first-order valence-electron chi connectivity index (χ1n) is 5.96. The van der Waals surface area contributed by atoms with Gasteiger partial charge in [0.15, 0.2) is 0 Å². The van der Waals surface area contributed by atoms with E-state index < -0.39 is 6.10 Å². The highest BCUT2D eigenvalue weighted by atomic mass is 16.5. The molecule has 0 radical (unpaired) electrons. The molecule has 0 aliphatic rings. The highest BCUT2D eigenvalue weighted by Gasteiger charge is 2.18. The van der Waals surface area contributed by atoms with Crippen LogP contribution in [0.15, 0.2) is 42.5 Å². The van der Waals surface area contributed by atoms with Gasteiger partial charge in [0, 0.05) is 0 Å². The minimum Gasteiger partial charge on any atom is -0.388 e. The molecule has 1 aromatic carbocycles. The fourth-order valence-electron chi connectivity index (χ4n) is 1.29. The van der Waals surface area contributed by atoms with Gasteiger partial charge in [-0.05, 0) is 11.0 Å². The second-order valence-electron chi connectivity index (χ2n) is 5.24. The fourth-order valence-corrected chi connectivity index (χ4v) is 1.29. The van der Waals surface area contributed by atoms with Gasteiger partial charge in [0.1, 0.15) is 0 Å². The Bertz CT molecular complexity index is 336. The highest BCUT2D eigenvalue weighted by Crippen LogP contribution is 2.19. The topological polar surface area (TPSA) is 29.5 Å². The van der Waals surface area contributed by atoms with Crippen molar-refractivity contribution >= 4 is 0 Å². The van der Waals surface area contributed by atoms with Crippen LogP contribution in [0.5, 0.6) is 0 Å². The van der Waals surface area contributed by atoms with Gasteiger partial charge in [0.2, 0.25) is 0 Å². The van der Waals surface area contributed by atoms with Crippen LogP contribution in [0.25, 0.3) is 0 Å². The molecule has 0 saturated heterocycles. The van der Waals surface area contributed by atoms with Crippen LogP contribution in [-0.2, 0) is 11.3 Å². The standard InChI is InChI=1S/C15H22O2/c1-15(2,3)14(16)10-7-11-17-12-13-8-5-4-6-9-13/h4-10,14,16H,11-12H2,1-3H3/b10-7+/t14-/m1/s1. The van der Waals surface area contributed by atoms with E-state index in [-0.39, 0.29) is 5.41 Å². The highest BCUT2D eigenvalue weighted by molar-refractivity contribution is 5.13. The molecule has 1 N–H and O–H groups in total. The van der Waals surface area contributed by atoms with E-state index in [0.29, 0.717) is 13.2 Å². The van der Waals surface area contributed by atoms with Crippen molar-refractivity contribution in [2.75, 3.05) is 6.61 Å². The van der Waals surface area contributed by atoms with Gasteiger partial charge < -0.3 is 9.84 Å². The molecule has 94 valence electrons. The van der Waals surface area contributed by atoms with Gasteiger partial charge in [-0.15, -0.1) is 0 Å². The number of hydrogen-bond donors (Lipinski definition) is 1. The molecule has 1 rings (SSSR count). The molecule has 0 aliphatic heterocycles. The van der Waals surface area contributed by atoms with Crippen molar-refractivity contribution < 1.29 is 9.84 Å². The van der Waals surface area contributed by atoms with Gasteiger partial charge >= 0.3 is 0 Å². The van der Waals surface area contributed by atoms with Crippen LogP contribution in [-0.4, -0.2) is 17.8 Å². The van der Waals surface area contributed by atoms with E-state index in [1.165, 1.54) is 0 Å². The van der Waals surface area contributed by atoms with E-state index in [0.717, 1.165) is 5.56 Å². The molecular formula is C15H22O2. The molecule has 2 heteroatoms. The lowest BCUT2D eigenvalue weighted by atomic mass is 9.89. The number of rotatable bonds is 5. The van der Waals surface area contributed by atoms with Gasteiger partial charge in [-0.1, -0.05) is 63.3 Å². The second kappa shape index (κ2) is 6.58. The first-order valence-corrected chi connectivity index (χ1v) is 5.96. The largest absolute Gasteiger partial charge is 0.388 e. The lowest BCUT2D eigenvalue weighted by Crippen LogP contribution is -2.23. The van der Waals surface area contributed by atoms with E-state index >= 15 is 0 Å². The summed E-state index contributed by atoms with van der Waals surface area (Å²) in [6.45, 7) is 7.16. The molecule has 0 heterocycles. The summed E-state index contributed by atoms with van der Waals surface area (Å²) >= 11 is 0. The third-order valence-corrected chi connectivity index (χ3v) is 2.53. The number of aliphatic hydroxyl groups is 1. The molecule has 0 saturated carbocycles. The van der Waals surface area contributed by atoms with Gasteiger partial charge in [0.25, 0.3) is 0 Å². The first-order chi connectivity index (χ1) is 8.00. The Hall–Kier alpha value is -1.12. The van der Waals surface area contributed by atoms with E-state index in [1.807, 2.05) is 57.2 Å². The van der Waals surface area contributed by atoms with E-state index in [4.69, 9.17) is 4.74 Å². The van der Waals surface area contributed by atoms with Crippen molar-refractivity contribution in [2.45, 2.75) is 33.5 Å². The maximum Gasteiger partial charge on any atom is 0.0769 e. The van der Waals surface area contributed by atoms with Crippen LogP contribution in [0.1, 0.15) is 26.3 Å². The number of ether oxygens (including phenoxy) is 1. The predicted octanol–water partition coefficient (Wildman–Crippen LogP) is 3.17. The molecule has 1 atom stereocenters. The third-order valence-electron chi connectivity index (χ3n) is 2.53. The van der Waals surface area contributed by atoms with Crippen LogP contribution in [0.3, 0.4) is 0 Å². The fraction of sp³-hybridized carbons (Fsp3) is 0.467. The quantitative estimate of drug-likeness (QED) is 0.626. The lowest BCUT2D eigenvalue weighted by molar-refractivity contribution is 0.103. The summed E-state index contributed by atoms with van der Waals surface area (Å²) in [5.74, 6) is 0. The summed E-state index contributed by atoms with van der Waals surface area (Å²) in [6.07, 6.45) is 3.24. The van der Waals surface area contributed by atoms with Crippen molar-refractivity contribution in [1.82, 2.24) is 0 Å². The first kappa shape index (κ1) is 13.9. The summed E-state index contributed by atoms with van der Waals surface area (Å²) in [5.41, 5.74) is 1.05. The lowest BCUT2D eigenvalue weighted by Gasteiger charge is -2.22. The van der Waals surface area contributed by atoms with Crippen LogP contribution >= 0.6 is 0 Å². The van der Waals surface area contributed by atoms with Crippen LogP contribution in [0.4, 0.5) is 0 Å². The van der Waals surface area contributed by atoms with Crippen LogP contribution < -0.4 is 0 Å². The second-order valence-corrected chi connectivity index (χ2v) is 5.24. The normalized spacial score (nSPS) is 14.1. The van der Waals surface area contributed by atoms with Crippen molar-refractivity contribution in [2.24, 2.45) is 5.41 Å². The monoisotopic (exact) mass is 234 g/mol. The molecule has 0 amide bonds. The van der Waals surface area contributed by atoms with Crippen molar-refractivity contribution in [1.29, 1.82) is 0 Å². The Labute approximate surface area is 104 Å². The smallest absolute Gasteiger partial charge is 0.0769 e. The molecule has 2 nitrogen and oxygen atoms in total.